The van der Waals surface area contributed by atoms with Gasteiger partial charge in [-0.05, 0) is 19.3 Å². The second-order valence-corrected chi connectivity index (χ2v) is 50.4. The highest BCUT2D eigenvalue weighted by molar-refractivity contribution is 7.87. The van der Waals surface area contributed by atoms with Crippen molar-refractivity contribution in [2.24, 2.45) is 0 Å². The van der Waals surface area contributed by atoms with Crippen LogP contribution in [0, 0.1) is 0 Å². The van der Waals surface area contributed by atoms with Crippen LogP contribution in [0.1, 0.15) is 25.7 Å². The topological polar surface area (TPSA) is 44.8 Å². The van der Waals surface area contributed by atoms with Gasteiger partial charge in [0.25, 0.3) is 0 Å². The minimum absolute atomic E-state index is 0.0310. The molecule has 1 saturated carbocycles. The van der Waals surface area contributed by atoms with Crippen LogP contribution >= 0.6 is 0 Å². The molecular weight excluding hydrogens is 393 g/mol. The third kappa shape index (κ3) is 4.30. The molecule has 1 unspecified atom stereocenters. The van der Waals surface area contributed by atoms with Crippen LogP contribution in [0.3, 0.4) is 0 Å². The van der Waals surface area contributed by atoms with Gasteiger partial charge in [0.15, 0.2) is 6.87 Å². The average Bonchev–Trinajstić information content (AvgIpc) is 2.83. The summed E-state index contributed by atoms with van der Waals surface area (Å²) in [6.45, 7) is 20.8. The minimum atomic E-state index is -1.95. The van der Waals surface area contributed by atoms with E-state index in [-0.39, 0.29) is 12.1 Å². The summed E-state index contributed by atoms with van der Waals surface area (Å²) in [5.74, 6) is -0.191. The summed E-state index contributed by atoms with van der Waals surface area (Å²) in [5.41, 5.74) is -0.510. The lowest BCUT2D eigenvalue weighted by Gasteiger charge is -2.58. The number of carbonyl (C=O) groups excluding carboxylic acids is 1. The first kappa shape index (κ1) is 24.3. The third-order valence-corrected chi connectivity index (χ3v) is 73.8. The molecule has 0 aromatic heterocycles. The number of hydrogen-bond acceptors (Lipinski definition) is 4. The molecule has 0 spiro atoms. The summed E-state index contributed by atoms with van der Waals surface area (Å²) >= 11 is 0. The van der Waals surface area contributed by atoms with Crippen LogP contribution in [-0.2, 0) is 18.7 Å². The van der Waals surface area contributed by atoms with Crippen molar-refractivity contribution in [3.05, 3.63) is 0 Å². The Kier molecular flexibility index (Phi) is 7.42. The zero-order chi connectivity index (χ0) is 20.6. The van der Waals surface area contributed by atoms with E-state index in [1.807, 2.05) is 0 Å². The molecule has 0 aliphatic heterocycles. The summed E-state index contributed by atoms with van der Waals surface area (Å²) < 4.78 is 18.4. The van der Waals surface area contributed by atoms with Crippen molar-refractivity contribution in [3.63, 3.8) is 0 Å². The van der Waals surface area contributed by atoms with Crippen LogP contribution in [0.25, 0.3) is 0 Å². The number of carbonyl (C=O) groups is 1. The SMILES string of the molecule is COC(=O)C[C@@]1(OC)CCCC1O[Si]([Si](C)(C)C)([Si](C)(C)C)[Si](C)(C)C. The van der Waals surface area contributed by atoms with E-state index < -0.39 is 35.2 Å². The highest BCUT2D eigenvalue weighted by Gasteiger charge is 2.66. The monoisotopic (exact) mass is 434 g/mol. The fraction of sp³-hybridized carbons (Fsp3) is 0.944. The smallest absolute Gasteiger partial charge is 0.308 e. The first-order valence-electron chi connectivity index (χ1n) is 9.88. The van der Waals surface area contributed by atoms with E-state index in [1.165, 1.54) is 7.11 Å². The van der Waals surface area contributed by atoms with Gasteiger partial charge in [-0.1, -0.05) is 58.9 Å². The number of esters is 1. The number of ether oxygens (including phenoxy) is 2. The van der Waals surface area contributed by atoms with Gasteiger partial charge >= 0.3 is 5.97 Å². The molecule has 154 valence electrons. The standard InChI is InChI=1S/C18H42O4Si4/c1-20-17(19)15-18(21-2)14-12-13-16(18)22-26(23(3,4)5,24(6,7)8)25(9,10)11/h16H,12-15H2,1-11H3/t16?,18-/m0/s1. The molecule has 0 amide bonds. The van der Waals surface area contributed by atoms with Crippen molar-refractivity contribution in [1.82, 2.24) is 0 Å². The quantitative estimate of drug-likeness (QED) is 0.410. The largest absolute Gasteiger partial charge is 0.469 e. The van der Waals surface area contributed by atoms with E-state index in [0.717, 1.165) is 19.3 Å². The number of methoxy groups -OCH3 is 2. The van der Waals surface area contributed by atoms with E-state index >= 15 is 0 Å². The van der Waals surface area contributed by atoms with Crippen molar-refractivity contribution in [1.29, 1.82) is 0 Å². The summed E-state index contributed by atoms with van der Waals surface area (Å²) in [7, 11) is -1.39. The minimum Gasteiger partial charge on any atom is -0.469 e. The normalized spacial score (nSPS) is 25.4. The van der Waals surface area contributed by atoms with Crippen LogP contribution in [0.15, 0.2) is 0 Å². The third-order valence-electron chi connectivity index (χ3n) is 6.22. The van der Waals surface area contributed by atoms with E-state index in [1.54, 1.807) is 7.11 Å². The van der Waals surface area contributed by atoms with Crippen molar-refractivity contribution in [2.45, 2.75) is 96.3 Å². The lowest BCUT2D eigenvalue weighted by atomic mass is 9.95. The Labute approximate surface area is 164 Å². The van der Waals surface area contributed by atoms with Crippen LogP contribution < -0.4 is 0 Å². The molecule has 1 aliphatic rings. The first-order valence-corrected chi connectivity index (χ1v) is 25.3. The van der Waals surface area contributed by atoms with Gasteiger partial charge < -0.3 is 13.9 Å². The molecule has 1 fully saturated rings. The molecule has 0 bridgehead atoms. The van der Waals surface area contributed by atoms with E-state index in [0.29, 0.717) is 6.42 Å². The molecule has 2 atom stereocenters. The summed E-state index contributed by atoms with van der Waals surface area (Å²) in [6.07, 6.45) is 3.28. The number of hydrogen-bond donors (Lipinski definition) is 0. The van der Waals surface area contributed by atoms with E-state index in [2.05, 4.69) is 58.9 Å². The second-order valence-electron chi connectivity index (χ2n) is 11.0. The highest BCUT2D eigenvalue weighted by atomic mass is 29.9. The van der Waals surface area contributed by atoms with Gasteiger partial charge in [-0.2, -0.15) is 0 Å². The molecule has 1 aliphatic carbocycles. The van der Waals surface area contributed by atoms with Crippen LogP contribution in [0.2, 0.25) is 58.9 Å². The van der Waals surface area contributed by atoms with Gasteiger partial charge in [-0.25, -0.2) is 0 Å². The summed E-state index contributed by atoms with van der Waals surface area (Å²) in [5, 5.41) is 0. The molecule has 0 heterocycles. The molecule has 0 radical (unpaired) electrons. The molecule has 0 N–H and O–H groups in total. The molecule has 0 saturated heterocycles. The zero-order valence-corrected chi connectivity index (χ0v) is 23.0. The van der Waals surface area contributed by atoms with Crippen LogP contribution in [0.5, 0.6) is 0 Å². The Bertz CT molecular complexity index is 469. The lowest BCUT2D eigenvalue weighted by molar-refractivity contribution is -0.152. The van der Waals surface area contributed by atoms with Gasteiger partial charge in [0, 0.05) is 7.11 Å². The maximum atomic E-state index is 12.1. The predicted molar refractivity (Wildman–Crippen MR) is 121 cm³/mol. The van der Waals surface area contributed by atoms with Gasteiger partial charge in [0.2, 0.25) is 0 Å². The summed E-state index contributed by atoms with van der Waals surface area (Å²) in [4.78, 5) is 12.1. The second kappa shape index (κ2) is 7.94. The maximum absolute atomic E-state index is 12.1. The van der Waals surface area contributed by atoms with Crippen LogP contribution in [-0.4, -0.2) is 61.5 Å². The fourth-order valence-electron chi connectivity index (χ4n) is 6.12. The first-order chi connectivity index (χ1) is 11.6. The zero-order valence-electron chi connectivity index (χ0n) is 19.0. The Balaban J connectivity index is 3.45. The van der Waals surface area contributed by atoms with E-state index in [9.17, 15) is 4.79 Å². The predicted octanol–water partition coefficient (Wildman–Crippen LogP) is 4.70. The van der Waals surface area contributed by atoms with Crippen molar-refractivity contribution < 1.29 is 18.7 Å². The van der Waals surface area contributed by atoms with Crippen LogP contribution in [0.4, 0.5) is 0 Å². The molecular formula is C18H42O4Si4. The van der Waals surface area contributed by atoms with E-state index in [4.69, 9.17) is 13.9 Å². The molecule has 26 heavy (non-hydrogen) atoms. The van der Waals surface area contributed by atoms with Crippen molar-refractivity contribution in [3.8, 4) is 0 Å². The highest BCUT2D eigenvalue weighted by Crippen LogP contribution is 2.45. The summed E-state index contributed by atoms with van der Waals surface area (Å²) in [6, 6.07) is 0. The Morgan fingerprint density at radius 2 is 1.38 bits per heavy atom. The Morgan fingerprint density at radius 3 is 1.73 bits per heavy atom. The fourth-order valence-corrected chi connectivity index (χ4v) is 100. The molecule has 0 aromatic rings. The molecule has 8 heteroatoms. The van der Waals surface area contributed by atoms with Crippen molar-refractivity contribution in [2.75, 3.05) is 14.2 Å². The molecule has 4 nitrogen and oxygen atoms in total. The lowest BCUT2D eigenvalue weighted by Crippen LogP contribution is -2.85. The molecule has 1 rings (SSSR count). The Hall–Kier alpha value is 0.258. The van der Waals surface area contributed by atoms with Gasteiger partial charge in [-0.3, -0.25) is 4.79 Å². The van der Waals surface area contributed by atoms with Crippen molar-refractivity contribution >= 4 is 35.6 Å². The maximum Gasteiger partial charge on any atom is 0.308 e. The molecule has 0 aromatic carbocycles. The average molecular weight is 435 g/mol. The number of rotatable bonds is 8. The van der Waals surface area contributed by atoms with Gasteiger partial charge in [-0.15, -0.1) is 0 Å². The van der Waals surface area contributed by atoms with Gasteiger partial charge in [0.1, 0.15) is 5.60 Å². The van der Waals surface area contributed by atoms with Gasteiger partial charge in [0.05, 0.1) is 42.4 Å². The Morgan fingerprint density at radius 1 is 0.923 bits per heavy atom.